The minimum atomic E-state index is -1.15. The number of carboxylic acid groups (broad SMARTS) is 1. The number of fused-ring (bicyclic) bond motifs is 7. The molecule has 4 fully saturated rings. The van der Waals surface area contributed by atoms with Gasteiger partial charge in [-0.05, 0) is 150 Å². The van der Waals surface area contributed by atoms with E-state index < -0.39 is 17.4 Å². The van der Waals surface area contributed by atoms with Crippen LogP contribution in [0.5, 0.6) is 0 Å². The minimum Gasteiger partial charge on any atom is -0.481 e. The third-order valence-corrected chi connectivity index (χ3v) is 16.4. The van der Waals surface area contributed by atoms with Crippen LogP contribution in [0.15, 0.2) is 35.5 Å². The van der Waals surface area contributed by atoms with Gasteiger partial charge in [0.15, 0.2) is 5.78 Å². The Kier molecular flexibility index (Phi) is 9.83. The number of aliphatic carboxylic acids is 1. The van der Waals surface area contributed by atoms with Crippen LogP contribution in [0.3, 0.4) is 0 Å². The first-order valence-corrected chi connectivity index (χ1v) is 20.4. The van der Waals surface area contributed by atoms with Crippen molar-refractivity contribution in [1.82, 2.24) is 10.3 Å². The highest BCUT2D eigenvalue weighted by Gasteiger charge is 2.70. The quantitative estimate of drug-likeness (QED) is 0.232. The number of pyridine rings is 1. The first-order chi connectivity index (χ1) is 24.1. The maximum absolute atomic E-state index is 14.1. The number of aromatic nitrogens is 1. The Bertz CT molecular complexity index is 1610. The molecule has 0 aromatic carbocycles. The summed E-state index contributed by atoms with van der Waals surface area (Å²) in [6.07, 6.45) is 11.8. The average molecular weight is 717 g/mol. The van der Waals surface area contributed by atoms with E-state index in [0.717, 1.165) is 69.2 Å². The molecule has 0 bridgehead atoms. The monoisotopic (exact) mass is 717 g/mol. The van der Waals surface area contributed by atoms with Crippen LogP contribution in [0.4, 0.5) is 0 Å². The van der Waals surface area contributed by atoms with Gasteiger partial charge in [0.2, 0.25) is 0 Å². The number of Topliss-reactive ketones (excluding diaryl/α,β-unsaturated/α-hetero) is 1. The number of rotatable bonds is 10. The molecule has 1 aromatic rings. The summed E-state index contributed by atoms with van der Waals surface area (Å²) in [4.78, 5) is 43.6. The van der Waals surface area contributed by atoms with E-state index in [1.807, 2.05) is 12.3 Å². The van der Waals surface area contributed by atoms with Crippen LogP contribution in [-0.4, -0.2) is 40.5 Å². The lowest BCUT2D eigenvalue weighted by Gasteiger charge is -2.72. The number of nitrogens with zero attached hydrogens (tertiary/aromatic N) is 1. The molecule has 7 heteroatoms. The smallest absolute Gasteiger partial charge is 0.309 e. The number of carbonyl (C=O) groups is 3. The van der Waals surface area contributed by atoms with E-state index >= 15 is 0 Å². The maximum Gasteiger partial charge on any atom is 0.309 e. The van der Waals surface area contributed by atoms with Crippen molar-refractivity contribution in [3.8, 4) is 0 Å². The summed E-state index contributed by atoms with van der Waals surface area (Å²) in [6, 6.07) is 6.11. The van der Waals surface area contributed by atoms with Crippen LogP contribution < -0.4 is 5.32 Å². The number of ether oxygens (including phenoxy) is 1. The van der Waals surface area contributed by atoms with Gasteiger partial charge < -0.3 is 15.2 Å². The third kappa shape index (κ3) is 6.02. The topological polar surface area (TPSA) is 106 Å². The Morgan fingerprint density at radius 3 is 2.29 bits per heavy atom. The Morgan fingerprint density at radius 2 is 1.65 bits per heavy atom. The van der Waals surface area contributed by atoms with Crippen LogP contribution in [0.1, 0.15) is 152 Å². The summed E-state index contributed by atoms with van der Waals surface area (Å²) < 4.78 is 6.19. The molecule has 1 aromatic heterocycles. The molecule has 0 radical (unpaired) electrons. The fraction of sp³-hybridized carbons (Fsp3) is 0.778. The van der Waals surface area contributed by atoms with Crippen LogP contribution in [0.25, 0.3) is 0 Å². The number of esters is 1. The highest BCUT2D eigenvalue weighted by molar-refractivity contribution is 6.00. The molecule has 2 unspecified atom stereocenters. The number of carboxylic acids is 1. The van der Waals surface area contributed by atoms with Crippen LogP contribution in [0, 0.1) is 56.2 Å². The van der Waals surface area contributed by atoms with Gasteiger partial charge in [-0.25, -0.2) is 0 Å². The summed E-state index contributed by atoms with van der Waals surface area (Å²) >= 11 is 0. The zero-order chi connectivity index (χ0) is 38.3. The van der Waals surface area contributed by atoms with Gasteiger partial charge in [0.05, 0.1) is 23.1 Å². The summed E-state index contributed by atoms with van der Waals surface area (Å²) in [7, 11) is 0. The number of hydrogen-bond acceptors (Lipinski definition) is 6. The van der Waals surface area contributed by atoms with E-state index in [1.54, 1.807) is 13.8 Å². The summed E-state index contributed by atoms with van der Waals surface area (Å²) in [5, 5.41) is 13.5. The SMILES string of the molecule is CC(C)C1=C2[C@H]3CCC4[C@@]5(C)CC[C@H](OC(=O)CC(C)(C)C(=O)O)C(C)(C)C5CC[C@@]4(C)[C@]3(C)CC[C@@]2(CCNC(C)(C)c2ccccn2)CC1=O. The molecule has 288 valence electrons. The van der Waals surface area contributed by atoms with Crippen LogP contribution in [-0.2, 0) is 24.7 Å². The van der Waals surface area contributed by atoms with Crippen molar-refractivity contribution in [2.24, 2.45) is 56.2 Å². The Labute approximate surface area is 313 Å². The summed E-state index contributed by atoms with van der Waals surface area (Å²) in [5.41, 5.74) is 2.39. The minimum absolute atomic E-state index is 0.0719. The van der Waals surface area contributed by atoms with E-state index in [1.165, 1.54) is 12.0 Å². The fourth-order valence-electron chi connectivity index (χ4n) is 13.3. The number of carbonyl (C=O) groups excluding carboxylic acids is 2. The van der Waals surface area contributed by atoms with Crippen molar-refractivity contribution < 1.29 is 24.2 Å². The van der Waals surface area contributed by atoms with E-state index in [-0.39, 0.29) is 51.1 Å². The second-order valence-electron chi connectivity index (χ2n) is 20.7. The van der Waals surface area contributed by atoms with Gasteiger partial charge in [-0.2, -0.15) is 0 Å². The molecule has 0 spiro atoms. The molecule has 6 rings (SSSR count). The lowest BCUT2D eigenvalue weighted by Crippen LogP contribution is -2.65. The van der Waals surface area contributed by atoms with E-state index in [9.17, 15) is 19.5 Å². The predicted octanol–water partition coefficient (Wildman–Crippen LogP) is 9.69. The number of ketones is 1. The number of nitrogens with one attached hydrogen (secondary N) is 1. The van der Waals surface area contributed by atoms with Crippen molar-refractivity contribution in [1.29, 1.82) is 0 Å². The maximum atomic E-state index is 14.1. The van der Waals surface area contributed by atoms with E-state index in [0.29, 0.717) is 30.0 Å². The molecule has 0 aliphatic heterocycles. The first-order valence-electron chi connectivity index (χ1n) is 20.4. The highest BCUT2D eigenvalue weighted by atomic mass is 16.5. The Morgan fingerprint density at radius 1 is 0.942 bits per heavy atom. The number of allylic oxidation sites excluding steroid dienone is 2. The largest absolute Gasteiger partial charge is 0.481 e. The Balaban J connectivity index is 1.26. The lowest BCUT2D eigenvalue weighted by molar-refractivity contribution is -0.233. The Hall–Kier alpha value is -2.54. The van der Waals surface area contributed by atoms with E-state index in [4.69, 9.17) is 4.74 Å². The molecular weight excluding hydrogens is 649 g/mol. The van der Waals surface area contributed by atoms with Gasteiger partial charge in [0, 0.05) is 23.4 Å². The molecule has 8 atom stereocenters. The molecule has 2 N–H and O–H groups in total. The normalized spacial score (nSPS) is 37.2. The van der Waals surface area contributed by atoms with Crippen LogP contribution >= 0.6 is 0 Å². The standard InChI is InChI=1S/C45H68N2O5/c1-28(2)36-30(48)26-45(23-25-47-41(7,8)33-14-12-13-24-46-33)22-21-43(10)29(37(36)45)15-16-32-42(9)19-18-34(52-35(49)27-39(3,4)38(50)51)40(5,6)31(42)17-20-44(32,43)11/h12-14,24,28-29,31-32,34,47H,15-23,25-27H2,1-11H3,(H,50,51)/t29-,31?,32?,34+,42+,43-,44-,45-/m1/s1. The molecule has 52 heavy (non-hydrogen) atoms. The zero-order valence-corrected chi connectivity index (χ0v) is 34.2. The van der Waals surface area contributed by atoms with Gasteiger partial charge in [-0.3, -0.25) is 19.4 Å². The fourth-order valence-corrected chi connectivity index (χ4v) is 13.3. The highest BCUT2D eigenvalue weighted by Crippen LogP contribution is 2.77. The van der Waals surface area contributed by atoms with Crippen LogP contribution in [0.2, 0.25) is 0 Å². The van der Waals surface area contributed by atoms with Gasteiger partial charge in [0.25, 0.3) is 0 Å². The zero-order valence-electron chi connectivity index (χ0n) is 34.2. The molecular formula is C45H68N2O5. The van der Waals surface area contributed by atoms with Crippen molar-refractivity contribution >= 4 is 17.7 Å². The second kappa shape index (κ2) is 13.0. The summed E-state index contributed by atoms with van der Waals surface area (Å²) in [6.45, 7) is 25.3. The van der Waals surface area contributed by atoms with Crippen molar-refractivity contribution in [3.63, 3.8) is 0 Å². The molecule has 1 heterocycles. The van der Waals surface area contributed by atoms with Crippen molar-refractivity contribution in [3.05, 3.63) is 41.2 Å². The molecule has 5 aliphatic carbocycles. The second-order valence-corrected chi connectivity index (χ2v) is 20.7. The predicted molar refractivity (Wildman–Crippen MR) is 205 cm³/mol. The van der Waals surface area contributed by atoms with Gasteiger partial charge in [-0.1, -0.05) is 60.1 Å². The van der Waals surface area contributed by atoms with Gasteiger partial charge in [0.1, 0.15) is 6.10 Å². The molecule has 7 nitrogen and oxygen atoms in total. The van der Waals surface area contributed by atoms with E-state index in [2.05, 4.69) is 84.7 Å². The number of hydrogen-bond donors (Lipinski definition) is 2. The molecule has 4 saturated carbocycles. The molecule has 0 saturated heterocycles. The molecule has 5 aliphatic rings. The average Bonchev–Trinajstić information content (AvgIpc) is 3.35. The van der Waals surface area contributed by atoms with Crippen molar-refractivity contribution in [2.45, 2.75) is 158 Å². The van der Waals surface area contributed by atoms with Gasteiger partial charge >= 0.3 is 11.9 Å². The van der Waals surface area contributed by atoms with Crippen molar-refractivity contribution in [2.75, 3.05) is 6.54 Å². The summed E-state index contributed by atoms with van der Waals surface area (Å²) in [5.74, 6) is 0.616. The van der Waals surface area contributed by atoms with Gasteiger partial charge in [-0.15, -0.1) is 0 Å². The third-order valence-electron chi connectivity index (χ3n) is 16.4. The lowest BCUT2D eigenvalue weighted by atomic mass is 9.33. The molecule has 0 amide bonds. The first kappa shape index (κ1) is 39.2.